The van der Waals surface area contributed by atoms with Crippen molar-refractivity contribution in [3.05, 3.63) is 60.2 Å². The Kier molecular flexibility index (Phi) is 4.88. The smallest absolute Gasteiger partial charge is 0.325 e. The number of H-pyrrole nitrogens is 1. The number of piperidine rings is 1. The van der Waals surface area contributed by atoms with Gasteiger partial charge in [0.15, 0.2) is 0 Å². The van der Waals surface area contributed by atoms with Gasteiger partial charge in [-0.1, -0.05) is 48.5 Å². The van der Waals surface area contributed by atoms with Gasteiger partial charge in [-0.05, 0) is 24.5 Å². The van der Waals surface area contributed by atoms with E-state index in [0.29, 0.717) is 25.9 Å². The van der Waals surface area contributed by atoms with E-state index in [1.807, 2.05) is 59.5 Å². The Balaban J connectivity index is 1.81. The summed E-state index contributed by atoms with van der Waals surface area (Å²) in [6.07, 6.45) is 0.921. The van der Waals surface area contributed by atoms with Crippen LogP contribution in [0.2, 0.25) is 0 Å². The van der Waals surface area contributed by atoms with E-state index in [2.05, 4.69) is 4.98 Å². The number of benzene rings is 2. The van der Waals surface area contributed by atoms with E-state index in [9.17, 15) is 19.8 Å². The number of rotatable bonds is 5. The lowest BCUT2D eigenvalue weighted by Gasteiger charge is -2.34. The molecule has 0 aliphatic carbocycles. The second kappa shape index (κ2) is 7.48. The summed E-state index contributed by atoms with van der Waals surface area (Å²) in [5.41, 5.74) is 3.36. The lowest BCUT2D eigenvalue weighted by atomic mass is 9.92. The standard InChI is InChI=1S/C22H22N2O4/c25-21(26)15-10-12-24(13-11-15)20(22(27)28)18-16-8-4-5-9-17(16)23-19(18)14-6-2-1-3-7-14/h1-9,15,20,23H,10-13H2,(H,25,26)(H,27,28)/t20-/m0/s1. The van der Waals surface area contributed by atoms with E-state index in [1.165, 1.54) is 0 Å². The van der Waals surface area contributed by atoms with Crippen LogP contribution in [0, 0.1) is 5.92 Å². The van der Waals surface area contributed by atoms with Crippen LogP contribution >= 0.6 is 0 Å². The third-order valence-corrected chi connectivity index (χ3v) is 5.56. The number of carboxylic acids is 2. The number of nitrogens with one attached hydrogen (secondary N) is 1. The van der Waals surface area contributed by atoms with Crippen molar-refractivity contribution in [3.63, 3.8) is 0 Å². The lowest BCUT2D eigenvalue weighted by Crippen LogP contribution is -2.41. The van der Waals surface area contributed by atoms with Crippen LogP contribution in [-0.4, -0.2) is 45.1 Å². The first-order chi connectivity index (χ1) is 13.6. The molecule has 0 bridgehead atoms. The first-order valence-electron chi connectivity index (χ1n) is 9.42. The van der Waals surface area contributed by atoms with Crippen molar-refractivity contribution in [1.29, 1.82) is 0 Å². The van der Waals surface area contributed by atoms with E-state index >= 15 is 0 Å². The number of aliphatic carboxylic acids is 2. The number of aromatic amines is 1. The molecule has 2 heterocycles. The van der Waals surface area contributed by atoms with Gasteiger partial charge >= 0.3 is 11.9 Å². The first-order valence-corrected chi connectivity index (χ1v) is 9.42. The molecule has 6 nitrogen and oxygen atoms in total. The number of nitrogens with zero attached hydrogens (tertiary/aromatic N) is 1. The van der Waals surface area contributed by atoms with Gasteiger partial charge in [0.05, 0.1) is 11.6 Å². The van der Waals surface area contributed by atoms with Crippen molar-refractivity contribution in [2.45, 2.75) is 18.9 Å². The van der Waals surface area contributed by atoms with Crippen LogP contribution in [0.25, 0.3) is 22.2 Å². The molecule has 144 valence electrons. The molecule has 0 amide bonds. The minimum absolute atomic E-state index is 0.401. The molecule has 1 fully saturated rings. The molecule has 28 heavy (non-hydrogen) atoms. The van der Waals surface area contributed by atoms with Crippen LogP contribution in [0.15, 0.2) is 54.6 Å². The van der Waals surface area contributed by atoms with Crippen LogP contribution in [0.1, 0.15) is 24.4 Å². The van der Waals surface area contributed by atoms with Gasteiger partial charge in [-0.2, -0.15) is 0 Å². The third-order valence-electron chi connectivity index (χ3n) is 5.56. The largest absolute Gasteiger partial charge is 0.481 e. The van der Waals surface area contributed by atoms with Crippen LogP contribution in [0.4, 0.5) is 0 Å². The third kappa shape index (κ3) is 3.27. The van der Waals surface area contributed by atoms with Crippen molar-refractivity contribution in [2.24, 2.45) is 5.92 Å². The molecule has 3 aromatic rings. The van der Waals surface area contributed by atoms with E-state index in [0.717, 1.165) is 27.7 Å². The number of likely N-dealkylation sites (tertiary alicyclic amines) is 1. The van der Waals surface area contributed by atoms with Gasteiger partial charge in [-0.15, -0.1) is 0 Å². The average Bonchev–Trinajstić information content (AvgIpc) is 3.08. The number of para-hydroxylation sites is 1. The van der Waals surface area contributed by atoms with Gasteiger partial charge in [0.25, 0.3) is 0 Å². The normalized spacial score (nSPS) is 16.9. The van der Waals surface area contributed by atoms with Crippen LogP contribution < -0.4 is 0 Å². The summed E-state index contributed by atoms with van der Waals surface area (Å²) in [5, 5.41) is 20.3. The Labute approximate surface area is 162 Å². The highest BCUT2D eigenvalue weighted by Crippen LogP contribution is 2.38. The van der Waals surface area contributed by atoms with Crippen molar-refractivity contribution in [2.75, 3.05) is 13.1 Å². The van der Waals surface area contributed by atoms with E-state index in [1.54, 1.807) is 0 Å². The molecule has 1 atom stereocenters. The zero-order valence-corrected chi connectivity index (χ0v) is 15.3. The quantitative estimate of drug-likeness (QED) is 0.629. The maximum Gasteiger partial charge on any atom is 0.325 e. The summed E-state index contributed by atoms with van der Waals surface area (Å²) < 4.78 is 0. The second-order valence-electron chi connectivity index (χ2n) is 7.21. The average molecular weight is 378 g/mol. The summed E-state index contributed by atoms with van der Waals surface area (Å²) in [6, 6.07) is 16.6. The molecule has 1 aliphatic rings. The Hall–Kier alpha value is -3.12. The number of carboxylic acid groups (broad SMARTS) is 2. The first kappa shape index (κ1) is 18.3. The molecular weight excluding hydrogens is 356 g/mol. The van der Waals surface area contributed by atoms with E-state index in [4.69, 9.17) is 0 Å². The minimum atomic E-state index is -0.921. The fraction of sp³-hybridized carbons (Fsp3) is 0.273. The van der Waals surface area contributed by atoms with Crippen LogP contribution in [0.5, 0.6) is 0 Å². The fourth-order valence-electron chi connectivity index (χ4n) is 4.15. The molecular formula is C22H22N2O4. The Bertz CT molecular complexity index is 1000. The molecule has 0 unspecified atom stereocenters. The monoisotopic (exact) mass is 378 g/mol. The van der Waals surface area contributed by atoms with Crippen LogP contribution in [-0.2, 0) is 9.59 Å². The summed E-state index contributed by atoms with van der Waals surface area (Å²) in [4.78, 5) is 28.9. The van der Waals surface area contributed by atoms with Gasteiger partial charge in [0.1, 0.15) is 6.04 Å². The maximum absolute atomic E-state index is 12.4. The molecule has 3 N–H and O–H groups in total. The van der Waals surface area contributed by atoms with Gasteiger partial charge in [0, 0.05) is 29.6 Å². The number of hydrogen-bond acceptors (Lipinski definition) is 3. The minimum Gasteiger partial charge on any atom is -0.481 e. The van der Waals surface area contributed by atoms with Crippen molar-refractivity contribution < 1.29 is 19.8 Å². The molecule has 1 saturated heterocycles. The molecule has 0 radical (unpaired) electrons. The number of aromatic nitrogens is 1. The predicted octanol–water partition coefficient (Wildman–Crippen LogP) is 3.76. The summed E-state index contributed by atoms with van der Waals surface area (Å²) in [7, 11) is 0. The summed E-state index contributed by atoms with van der Waals surface area (Å²) in [6.45, 7) is 0.892. The topological polar surface area (TPSA) is 93.6 Å². The zero-order valence-electron chi connectivity index (χ0n) is 15.3. The Morgan fingerprint density at radius 3 is 2.25 bits per heavy atom. The van der Waals surface area contributed by atoms with Crippen molar-refractivity contribution in [3.8, 4) is 11.3 Å². The molecule has 6 heteroatoms. The molecule has 0 spiro atoms. The molecule has 0 saturated carbocycles. The van der Waals surface area contributed by atoms with E-state index in [-0.39, 0.29) is 0 Å². The van der Waals surface area contributed by atoms with Gasteiger partial charge in [0.2, 0.25) is 0 Å². The number of hydrogen-bond donors (Lipinski definition) is 3. The summed E-state index contributed by atoms with van der Waals surface area (Å²) >= 11 is 0. The maximum atomic E-state index is 12.4. The van der Waals surface area contributed by atoms with Gasteiger partial charge in [-0.25, -0.2) is 0 Å². The number of fused-ring (bicyclic) bond motifs is 1. The predicted molar refractivity (Wildman–Crippen MR) is 106 cm³/mol. The Morgan fingerprint density at radius 2 is 1.61 bits per heavy atom. The van der Waals surface area contributed by atoms with E-state index < -0.39 is 23.9 Å². The highest BCUT2D eigenvalue weighted by atomic mass is 16.4. The fourth-order valence-corrected chi connectivity index (χ4v) is 4.15. The van der Waals surface area contributed by atoms with Crippen molar-refractivity contribution >= 4 is 22.8 Å². The summed E-state index contributed by atoms with van der Waals surface area (Å²) in [5.74, 6) is -2.12. The van der Waals surface area contributed by atoms with Crippen LogP contribution in [0.3, 0.4) is 0 Å². The number of carbonyl (C=O) groups is 2. The molecule has 2 aromatic carbocycles. The Morgan fingerprint density at radius 1 is 0.964 bits per heavy atom. The lowest BCUT2D eigenvalue weighted by molar-refractivity contribution is -0.146. The highest BCUT2D eigenvalue weighted by molar-refractivity contribution is 5.95. The SMILES string of the molecule is O=C(O)C1CCN([C@H](C(=O)O)c2c(-c3ccccc3)[nH]c3ccccc23)CC1. The zero-order chi connectivity index (χ0) is 19.7. The van der Waals surface area contributed by atoms with Gasteiger partial charge in [-0.3, -0.25) is 14.5 Å². The van der Waals surface area contributed by atoms with Crippen molar-refractivity contribution in [1.82, 2.24) is 9.88 Å². The highest BCUT2D eigenvalue weighted by Gasteiger charge is 2.36. The van der Waals surface area contributed by atoms with Gasteiger partial charge < -0.3 is 15.2 Å². The molecule has 1 aromatic heterocycles. The second-order valence-corrected chi connectivity index (χ2v) is 7.21. The molecule has 4 rings (SSSR count). The molecule has 1 aliphatic heterocycles.